The molecule has 0 aliphatic rings. The van der Waals surface area contributed by atoms with Crippen molar-refractivity contribution in [3.8, 4) is 11.5 Å². The topological polar surface area (TPSA) is 84.9 Å². The molecule has 2 atom stereocenters. The number of rotatable bonds is 8. The molecule has 0 saturated heterocycles. The van der Waals surface area contributed by atoms with Crippen LogP contribution in [0.15, 0.2) is 18.2 Å². The first kappa shape index (κ1) is 17.8. The van der Waals surface area contributed by atoms with Crippen molar-refractivity contribution in [1.29, 1.82) is 0 Å². The van der Waals surface area contributed by atoms with Crippen LogP contribution in [-0.2, 0) is 9.59 Å². The van der Waals surface area contributed by atoms with Crippen LogP contribution in [0.2, 0.25) is 0 Å². The second-order valence-electron chi connectivity index (χ2n) is 5.30. The lowest BCUT2D eigenvalue weighted by Crippen LogP contribution is -2.28. The van der Waals surface area contributed by atoms with Crippen LogP contribution in [-0.4, -0.2) is 31.2 Å². The minimum absolute atomic E-state index is 0.0235. The third-order valence-corrected chi connectivity index (χ3v) is 3.34. The molecule has 0 heterocycles. The molecule has 122 valence electrons. The van der Waals surface area contributed by atoms with E-state index in [-0.39, 0.29) is 30.7 Å². The fourth-order valence-corrected chi connectivity index (χ4v) is 2.24. The van der Waals surface area contributed by atoms with Crippen molar-refractivity contribution in [2.24, 2.45) is 5.92 Å². The maximum absolute atomic E-state index is 12.0. The molecule has 22 heavy (non-hydrogen) atoms. The van der Waals surface area contributed by atoms with Crippen molar-refractivity contribution in [2.75, 3.05) is 14.2 Å². The van der Waals surface area contributed by atoms with Crippen LogP contribution in [0.3, 0.4) is 0 Å². The Hall–Kier alpha value is -2.24. The van der Waals surface area contributed by atoms with E-state index >= 15 is 0 Å². The van der Waals surface area contributed by atoms with E-state index in [1.54, 1.807) is 33.3 Å². The van der Waals surface area contributed by atoms with Crippen molar-refractivity contribution in [2.45, 2.75) is 32.7 Å². The average Bonchev–Trinajstić information content (AvgIpc) is 2.45. The van der Waals surface area contributed by atoms with Crippen molar-refractivity contribution < 1.29 is 24.2 Å². The molecule has 0 fully saturated rings. The number of hydrogen-bond donors (Lipinski definition) is 2. The molecule has 0 aliphatic heterocycles. The highest BCUT2D eigenvalue weighted by Crippen LogP contribution is 2.29. The molecule has 0 bridgehead atoms. The zero-order valence-electron chi connectivity index (χ0n) is 13.4. The van der Waals surface area contributed by atoms with Crippen LogP contribution in [0, 0.1) is 5.92 Å². The van der Waals surface area contributed by atoms with Crippen LogP contribution in [0.5, 0.6) is 11.5 Å². The van der Waals surface area contributed by atoms with Gasteiger partial charge in [-0.1, -0.05) is 6.92 Å². The minimum Gasteiger partial charge on any atom is -0.497 e. The van der Waals surface area contributed by atoms with Gasteiger partial charge in [0.2, 0.25) is 5.91 Å². The number of hydrogen-bond acceptors (Lipinski definition) is 4. The number of carboxylic acid groups (broad SMARTS) is 1. The van der Waals surface area contributed by atoms with Crippen LogP contribution >= 0.6 is 0 Å². The summed E-state index contributed by atoms with van der Waals surface area (Å²) < 4.78 is 10.5. The van der Waals surface area contributed by atoms with Crippen LogP contribution in [0.25, 0.3) is 0 Å². The van der Waals surface area contributed by atoms with Gasteiger partial charge in [-0.25, -0.2) is 0 Å². The van der Waals surface area contributed by atoms with E-state index in [0.29, 0.717) is 11.5 Å². The monoisotopic (exact) mass is 309 g/mol. The first-order valence-corrected chi connectivity index (χ1v) is 7.10. The predicted octanol–water partition coefficient (Wildman–Crippen LogP) is 2.38. The van der Waals surface area contributed by atoms with Gasteiger partial charge in [-0.15, -0.1) is 0 Å². The highest BCUT2D eigenvalue weighted by atomic mass is 16.5. The van der Waals surface area contributed by atoms with Gasteiger partial charge in [0.1, 0.15) is 11.5 Å². The standard InChI is InChI=1S/C16H23NO5/c1-10(8-16(19)20)7-15(18)17-11(2)13-9-12(21-3)5-6-14(13)22-4/h5-6,9-11H,7-8H2,1-4H3,(H,17,18)(H,19,20)/t10-,11+/m0/s1. The molecule has 6 nitrogen and oxygen atoms in total. The number of ether oxygens (including phenoxy) is 2. The summed E-state index contributed by atoms with van der Waals surface area (Å²) in [4.78, 5) is 22.6. The second-order valence-corrected chi connectivity index (χ2v) is 5.30. The van der Waals surface area contributed by atoms with Crippen LogP contribution < -0.4 is 14.8 Å². The number of methoxy groups -OCH3 is 2. The molecule has 1 rings (SSSR count). The first-order chi connectivity index (χ1) is 10.4. The lowest BCUT2D eigenvalue weighted by Gasteiger charge is -2.19. The quantitative estimate of drug-likeness (QED) is 0.770. The molecule has 1 aromatic rings. The number of benzene rings is 1. The lowest BCUT2D eigenvalue weighted by molar-refractivity contribution is -0.138. The van der Waals surface area contributed by atoms with Gasteiger partial charge in [-0.05, 0) is 31.0 Å². The van der Waals surface area contributed by atoms with Gasteiger partial charge in [-0.2, -0.15) is 0 Å². The number of nitrogens with one attached hydrogen (secondary N) is 1. The normalized spacial score (nSPS) is 13.1. The smallest absolute Gasteiger partial charge is 0.303 e. The Bertz CT molecular complexity index is 529. The zero-order valence-corrected chi connectivity index (χ0v) is 13.4. The molecule has 0 aliphatic carbocycles. The van der Waals surface area contributed by atoms with Gasteiger partial charge in [0, 0.05) is 18.4 Å². The number of carbonyl (C=O) groups is 2. The highest BCUT2D eigenvalue weighted by molar-refractivity contribution is 5.77. The van der Waals surface area contributed by atoms with E-state index < -0.39 is 5.97 Å². The van der Waals surface area contributed by atoms with Crippen molar-refractivity contribution in [1.82, 2.24) is 5.32 Å². The zero-order chi connectivity index (χ0) is 16.7. The summed E-state index contributed by atoms with van der Waals surface area (Å²) in [5.74, 6) is 0.0363. The minimum atomic E-state index is -0.900. The molecule has 0 spiro atoms. The fourth-order valence-electron chi connectivity index (χ4n) is 2.24. The Kier molecular flexibility index (Phi) is 6.69. The summed E-state index contributed by atoms with van der Waals surface area (Å²) in [5, 5.41) is 11.6. The maximum atomic E-state index is 12.0. The summed E-state index contributed by atoms with van der Waals surface area (Å²) in [7, 11) is 3.14. The summed E-state index contributed by atoms with van der Waals surface area (Å²) >= 11 is 0. The number of aliphatic carboxylic acids is 1. The third kappa shape index (κ3) is 5.27. The molecule has 0 radical (unpaired) electrons. The third-order valence-electron chi connectivity index (χ3n) is 3.34. The number of carboxylic acids is 1. The van der Waals surface area contributed by atoms with E-state index in [0.717, 1.165) is 5.56 Å². The van der Waals surface area contributed by atoms with E-state index in [2.05, 4.69) is 5.32 Å². The second kappa shape index (κ2) is 8.26. The Morgan fingerprint density at radius 1 is 1.18 bits per heavy atom. The van der Waals surface area contributed by atoms with E-state index in [9.17, 15) is 9.59 Å². The molecule has 0 unspecified atom stereocenters. The summed E-state index contributed by atoms with van der Waals surface area (Å²) in [6.07, 6.45) is 0.146. The Morgan fingerprint density at radius 2 is 1.86 bits per heavy atom. The van der Waals surface area contributed by atoms with Gasteiger partial charge >= 0.3 is 5.97 Å². The maximum Gasteiger partial charge on any atom is 0.303 e. The first-order valence-electron chi connectivity index (χ1n) is 7.10. The highest BCUT2D eigenvalue weighted by Gasteiger charge is 2.18. The molecule has 6 heteroatoms. The Labute approximate surface area is 130 Å². The largest absolute Gasteiger partial charge is 0.497 e. The molecule has 1 aromatic carbocycles. The van der Waals surface area contributed by atoms with Gasteiger partial charge in [-0.3, -0.25) is 9.59 Å². The molecule has 0 aromatic heterocycles. The van der Waals surface area contributed by atoms with Crippen molar-refractivity contribution in [3.05, 3.63) is 23.8 Å². The molecule has 0 saturated carbocycles. The van der Waals surface area contributed by atoms with E-state index in [4.69, 9.17) is 14.6 Å². The van der Waals surface area contributed by atoms with Gasteiger partial charge in [0.15, 0.2) is 0 Å². The van der Waals surface area contributed by atoms with E-state index in [1.807, 2.05) is 13.0 Å². The van der Waals surface area contributed by atoms with Crippen molar-refractivity contribution >= 4 is 11.9 Å². The average molecular weight is 309 g/mol. The Balaban J connectivity index is 2.73. The van der Waals surface area contributed by atoms with Gasteiger partial charge in [0.05, 0.1) is 20.3 Å². The van der Waals surface area contributed by atoms with Crippen molar-refractivity contribution in [3.63, 3.8) is 0 Å². The SMILES string of the molecule is COc1ccc(OC)c([C@@H](C)NC(=O)C[C@H](C)CC(=O)O)c1. The van der Waals surface area contributed by atoms with Gasteiger partial charge in [0.25, 0.3) is 0 Å². The number of carbonyl (C=O) groups excluding carboxylic acids is 1. The molecule has 2 N–H and O–H groups in total. The Morgan fingerprint density at radius 3 is 2.41 bits per heavy atom. The number of amides is 1. The lowest BCUT2D eigenvalue weighted by atomic mass is 10.0. The van der Waals surface area contributed by atoms with Crippen LogP contribution in [0.1, 0.15) is 38.3 Å². The molecular weight excluding hydrogens is 286 g/mol. The van der Waals surface area contributed by atoms with Gasteiger partial charge < -0.3 is 19.9 Å². The van der Waals surface area contributed by atoms with E-state index in [1.165, 1.54) is 0 Å². The summed E-state index contributed by atoms with van der Waals surface area (Å²) in [5.41, 5.74) is 0.807. The fraction of sp³-hybridized carbons (Fsp3) is 0.500. The molecular formula is C16H23NO5. The summed E-state index contributed by atoms with van der Waals surface area (Å²) in [6.45, 7) is 3.58. The van der Waals surface area contributed by atoms with Crippen LogP contribution in [0.4, 0.5) is 0 Å². The predicted molar refractivity (Wildman–Crippen MR) is 82.1 cm³/mol. The summed E-state index contributed by atoms with van der Waals surface area (Å²) in [6, 6.07) is 5.11. The molecule has 1 amide bonds.